The van der Waals surface area contributed by atoms with E-state index in [1.54, 1.807) is 4.90 Å². The molecule has 1 saturated heterocycles. The maximum Gasteiger partial charge on any atom is 0.308 e. The van der Waals surface area contributed by atoms with Gasteiger partial charge in [-0.2, -0.15) is 0 Å². The van der Waals surface area contributed by atoms with E-state index in [0.717, 1.165) is 6.42 Å². The zero-order chi connectivity index (χ0) is 16.8. The molecule has 4 heteroatoms. The predicted octanol–water partition coefficient (Wildman–Crippen LogP) is 3.57. The second kappa shape index (κ2) is 8.20. The van der Waals surface area contributed by atoms with Gasteiger partial charge in [0, 0.05) is 18.7 Å². The minimum absolute atomic E-state index is 0.0191. The molecule has 1 N–H and O–H groups in total. The highest BCUT2D eigenvalue weighted by molar-refractivity contribution is 5.93. The molecule has 4 nitrogen and oxygen atoms in total. The summed E-state index contributed by atoms with van der Waals surface area (Å²) in [7, 11) is 0. The zero-order valence-electron chi connectivity index (χ0n) is 14.4. The number of amides is 1. The Morgan fingerprint density at radius 2 is 1.81 bits per heavy atom. The van der Waals surface area contributed by atoms with Crippen molar-refractivity contribution in [2.24, 2.45) is 17.3 Å². The smallest absolute Gasteiger partial charge is 0.308 e. The number of carbonyl (C=O) groups excluding carboxylic acids is 1. The van der Waals surface area contributed by atoms with Crippen molar-refractivity contribution < 1.29 is 14.7 Å². The minimum atomic E-state index is -0.813. The van der Waals surface area contributed by atoms with E-state index >= 15 is 0 Å². The van der Waals surface area contributed by atoms with Crippen LogP contribution in [0.15, 0.2) is 12.2 Å². The summed E-state index contributed by atoms with van der Waals surface area (Å²) in [4.78, 5) is 25.1. The first kappa shape index (κ1) is 19.7. The fourth-order valence-electron chi connectivity index (χ4n) is 2.27. The molecule has 2 unspecified atom stereocenters. The third-order valence-electron chi connectivity index (χ3n) is 4.15. The Morgan fingerprint density at radius 1 is 1.29 bits per heavy atom. The normalized spacial score (nSPS) is 20.1. The van der Waals surface area contributed by atoms with Crippen molar-refractivity contribution in [3.05, 3.63) is 12.2 Å². The lowest BCUT2D eigenvalue weighted by Crippen LogP contribution is -2.44. The van der Waals surface area contributed by atoms with Crippen LogP contribution in [-0.2, 0) is 9.59 Å². The number of rotatable bonds is 3. The lowest BCUT2D eigenvalue weighted by molar-refractivity contribution is -0.145. The SMILES string of the molecule is C=C(C(=O)N1CCCC(C(=O)O)C1)C(C)C(C)(C)C.CC. The van der Waals surface area contributed by atoms with Gasteiger partial charge in [-0.25, -0.2) is 0 Å². The second-order valence-corrected chi connectivity index (χ2v) is 6.54. The van der Waals surface area contributed by atoms with Crippen LogP contribution >= 0.6 is 0 Å². The Balaban J connectivity index is 0.00000191. The van der Waals surface area contributed by atoms with Crippen LogP contribution in [-0.4, -0.2) is 35.0 Å². The molecule has 1 amide bonds. The van der Waals surface area contributed by atoms with Crippen molar-refractivity contribution in [1.82, 2.24) is 4.90 Å². The van der Waals surface area contributed by atoms with Gasteiger partial charge in [-0.05, 0) is 24.2 Å². The van der Waals surface area contributed by atoms with Gasteiger partial charge in [0.1, 0.15) is 0 Å². The van der Waals surface area contributed by atoms with Gasteiger partial charge in [-0.3, -0.25) is 9.59 Å². The molecule has 21 heavy (non-hydrogen) atoms. The highest BCUT2D eigenvalue weighted by Crippen LogP contribution is 2.32. The molecule has 0 radical (unpaired) electrons. The third kappa shape index (κ3) is 5.52. The number of carbonyl (C=O) groups is 2. The first-order valence-electron chi connectivity index (χ1n) is 7.85. The van der Waals surface area contributed by atoms with Crippen LogP contribution in [0.2, 0.25) is 0 Å². The standard InChI is InChI=1S/C15H25NO3.C2H6/c1-10(11(2)15(3,4)5)13(17)16-8-6-7-12(9-16)14(18)19;1-2/h11-12H,1,6-9H2,2-5H3,(H,18,19);1-2H3. The summed E-state index contributed by atoms with van der Waals surface area (Å²) < 4.78 is 0. The third-order valence-corrected chi connectivity index (χ3v) is 4.15. The van der Waals surface area contributed by atoms with Gasteiger partial charge in [0.05, 0.1) is 5.92 Å². The fourth-order valence-corrected chi connectivity index (χ4v) is 2.27. The van der Waals surface area contributed by atoms with Crippen LogP contribution < -0.4 is 0 Å². The Labute approximate surface area is 129 Å². The monoisotopic (exact) mass is 297 g/mol. The van der Waals surface area contributed by atoms with Crippen LogP contribution in [0.1, 0.15) is 54.4 Å². The van der Waals surface area contributed by atoms with Crippen LogP contribution in [0.5, 0.6) is 0 Å². The molecule has 122 valence electrons. The predicted molar refractivity (Wildman–Crippen MR) is 86.0 cm³/mol. The van der Waals surface area contributed by atoms with Gasteiger partial charge >= 0.3 is 5.97 Å². The van der Waals surface area contributed by atoms with Crippen molar-refractivity contribution >= 4 is 11.9 Å². The van der Waals surface area contributed by atoms with E-state index in [1.807, 2.05) is 20.8 Å². The molecule has 0 aromatic carbocycles. The quantitative estimate of drug-likeness (QED) is 0.810. The summed E-state index contributed by atoms with van der Waals surface area (Å²) in [5.41, 5.74) is 0.563. The molecule has 1 aliphatic heterocycles. The lowest BCUT2D eigenvalue weighted by atomic mass is 9.77. The largest absolute Gasteiger partial charge is 0.481 e. The van der Waals surface area contributed by atoms with E-state index in [-0.39, 0.29) is 17.2 Å². The molecule has 1 rings (SSSR count). The Morgan fingerprint density at radius 3 is 2.24 bits per heavy atom. The van der Waals surface area contributed by atoms with E-state index in [4.69, 9.17) is 5.11 Å². The second-order valence-electron chi connectivity index (χ2n) is 6.54. The number of hydrogen-bond acceptors (Lipinski definition) is 2. The van der Waals surface area contributed by atoms with Gasteiger partial charge < -0.3 is 10.0 Å². The molecule has 1 aliphatic rings. The van der Waals surface area contributed by atoms with Crippen molar-refractivity contribution in [3.8, 4) is 0 Å². The summed E-state index contributed by atoms with van der Waals surface area (Å²) in [6.07, 6.45) is 1.40. The van der Waals surface area contributed by atoms with Crippen LogP contribution in [0.3, 0.4) is 0 Å². The first-order chi connectivity index (χ1) is 9.64. The Hall–Kier alpha value is -1.32. The minimum Gasteiger partial charge on any atom is -0.481 e. The zero-order valence-corrected chi connectivity index (χ0v) is 14.4. The van der Waals surface area contributed by atoms with E-state index in [9.17, 15) is 9.59 Å². The molecule has 0 aliphatic carbocycles. The average Bonchev–Trinajstić information content (AvgIpc) is 2.46. The van der Waals surface area contributed by atoms with Gasteiger partial charge in [-0.15, -0.1) is 0 Å². The number of aliphatic carboxylic acids is 1. The van der Waals surface area contributed by atoms with Crippen LogP contribution in [0.25, 0.3) is 0 Å². The number of piperidine rings is 1. The molecule has 0 bridgehead atoms. The van der Waals surface area contributed by atoms with Crippen molar-refractivity contribution in [3.63, 3.8) is 0 Å². The highest BCUT2D eigenvalue weighted by Gasteiger charge is 2.32. The molecule has 2 atom stereocenters. The summed E-state index contributed by atoms with van der Waals surface area (Å²) in [5, 5.41) is 9.05. The van der Waals surface area contributed by atoms with Gasteiger partial charge in [-0.1, -0.05) is 48.1 Å². The van der Waals surface area contributed by atoms with Crippen molar-refractivity contribution in [1.29, 1.82) is 0 Å². The van der Waals surface area contributed by atoms with Crippen LogP contribution in [0, 0.1) is 17.3 Å². The fraction of sp³-hybridized carbons (Fsp3) is 0.765. The number of nitrogens with zero attached hydrogens (tertiary/aromatic N) is 1. The van der Waals surface area contributed by atoms with Gasteiger partial charge in [0.15, 0.2) is 0 Å². The molecule has 1 heterocycles. The number of hydrogen-bond donors (Lipinski definition) is 1. The molecule has 0 saturated carbocycles. The molecule has 0 aromatic rings. The Kier molecular flexibility index (Phi) is 7.69. The number of carboxylic acid groups (broad SMARTS) is 1. The summed E-state index contributed by atoms with van der Waals surface area (Å²) in [6, 6.07) is 0. The highest BCUT2D eigenvalue weighted by atomic mass is 16.4. The summed E-state index contributed by atoms with van der Waals surface area (Å²) in [5.74, 6) is -1.26. The Bertz CT molecular complexity index is 382. The number of likely N-dealkylation sites (tertiary alicyclic amines) is 1. The topological polar surface area (TPSA) is 57.6 Å². The van der Waals surface area contributed by atoms with Gasteiger partial charge in [0.2, 0.25) is 5.91 Å². The first-order valence-corrected chi connectivity index (χ1v) is 7.85. The molecular weight excluding hydrogens is 266 g/mol. The van der Waals surface area contributed by atoms with Crippen molar-refractivity contribution in [2.75, 3.05) is 13.1 Å². The molecule has 0 aromatic heterocycles. The van der Waals surface area contributed by atoms with Gasteiger partial charge in [0.25, 0.3) is 0 Å². The maximum absolute atomic E-state index is 12.4. The van der Waals surface area contributed by atoms with E-state index in [0.29, 0.717) is 25.1 Å². The number of carboxylic acids is 1. The van der Waals surface area contributed by atoms with Crippen LogP contribution in [0.4, 0.5) is 0 Å². The maximum atomic E-state index is 12.4. The summed E-state index contributed by atoms with van der Waals surface area (Å²) in [6.45, 7) is 17.1. The van der Waals surface area contributed by atoms with E-state index in [1.165, 1.54) is 0 Å². The summed E-state index contributed by atoms with van der Waals surface area (Å²) >= 11 is 0. The average molecular weight is 297 g/mol. The molecule has 1 fully saturated rings. The molecule has 0 spiro atoms. The molecular formula is C17H31NO3. The van der Waals surface area contributed by atoms with E-state index in [2.05, 4.69) is 27.4 Å². The van der Waals surface area contributed by atoms with E-state index < -0.39 is 11.9 Å². The van der Waals surface area contributed by atoms with Crippen molar-refractivity contribution in [2.45, 2.75) is 54.4 Å². The lowest BCUT2D eigenvalue weighted by Gasteiger charge is -2.35.